The molecule has 0 saturated carbocycles. The smallest absolute Gasteiger partial charge is 0.164 e. The van der Waals surface area contributed by atoms with Crippen molar-refractivity contribution in [2.24, 2.45) is 0 Å². The van der Waals surface area contributed by atoms with E-state index >= 15 is 0 Å². The normalized spacial score (nSPS) is 13.4. The molecule has 0 aliphatic carbocycles. The number of fused-ring (bicyclic) bond motifs is 13. The Balaban J connectivity index is 1.23. The standard InChI is InChI=1S/C49H31N3O2Si/c1-55(2)41-25-12-9-20-34(41)45-42(55)27-37(44-33-19-8-11-23-39(33)54-46(44)45)49-51-47(35-21-13-24-40-43(35)32-18-7-10-22-38(32)53-40)50-48(52-49)36-26-28-14-3-4-15-29(28)30-16-5-6-17-31(30)36/h3-27H,1-2H3. The summed E-state index contributed by atoms with van der Waals surface area (Å²) in [6.07, 6.45) is 0. The molecule has 3 aromatic heterocycles. The summed E-state index contributed by atoms with van der Waals surface area (Å²) in [5.74, 6) is 1.82. The number of aromatic nitrogens is 3. The van der Waals surface area contributed by atoms with Crippen molar-refractivity contribution in [3.05, 3.63) is 152 Å². The summed E-state index contributed by atoms with van der Waals surface area (Å²) < 4.78 is 13.2. The average Bonchev–Trinajstić information content (AvgIpc) is 3.88. The van der Waals surface area contributed by atoms with Crippen LogP contribution in [0.25, 0.3) is 111 Å². The van der Waals surface area contributed by atoms with Gasteiger partial charge in [0.05, 0.1) is 0 Å². The van der Waals surface area contributed by atoms with Gasteiger partial charge in [0.25, 0.3) is 0 Å². The molecule has 5 nitrogen and oxygen atoms in total. The van der Waals surface area contributed by atoms with Crippen LogP contribution in [0.3, 0.4) is 0 Å². The van der Waals surface area contributed by atoms with Crippen molar-refractivity contribution in [3.8, 4) is 45.3 Å². The van der Waals surface area contributed by atoms with Gasteiger partial charge in [0, 0.05) is 43.8 Å². The maximum atomic E-state index is 6.88. The number of hydrogen-bond donors (Lipinski definition) is 0. The predicted octanol–water partition coefficient (Wildman–Crippen LogP) is 11.8. The Labute approximate surface area is 316 Å². The molecule has 4 heterocycles. The van der Waals surface area contributed by atoms with Crippen molar-refractivity contribution in [3.63, 3.8) is 0 Å². The Morgan fingerprint density at radius 3 is 1.76 bits per heavy atom. The van der Waals surface area contributed by atoms with Gasteiger partial charge in [0.2, 0.25) is 0 Å². The van der Waals surface area contributed by atoms with Crippen molar-refractivity contribution in [2.45, 2.75) is 13.1 Å². The third kappa shape index (κ3) is 4.25. The first-order valence-electron chi connectivity index (χ1n) is 18.7. The van der Waals surface area contributed by atoms with Gasteiger partial charge in [-0.1, -0.05) is 134 Å². The zero-order valence-corrected chi connectivity index (χ0v) is 31.1. The zero-order valence-electron chi connectivity index (χ0n) is 30.1. The highest BCUT2D eigenvalue weighted by atomic mass is 28.3. The van der Waals surface area contributed by atoms with Gasteiger partial charge in [0.1, 0.15) is 30.4 Å². The van der Waals surface area contributed by atoms with Gasteiger partial charge in [-0.05, 0) is 67.8 Å². The molecule has 0 spiro atoms. The minimum atomic E-state index is -2.14. The first-order chi connectivity index (χ1) is 27.0. The highest BCUT2D eigenvalue weighted by Crippen LogP contribution is 2.45. The zero-order chi connectivity index (χ0) is 36.4. The van der Waals surface area contributed by atoms with Gasteiger partial charge in [-0.3, -0.25) is 0 Å². The fourth-order valence-corrected chi connectivity index (χ4v) is 12.2. The van der Waals surface area contributed by atoms with E-state index in [-0.39, 0.29) is 0 Å². The molecule has 0 bridgehead atoms. The molecule has 258 valence electrons. The first-order valence-corrected chi connectivity index (χ1v) is 21.7. The lowest BCUT2D eigenvalue weighted by Gasteiger charge is -2.19. The van der Waals surface area contributed by atoms with Crippen LogP contribution in [0.15, 0.2) is 160 Å². The fourth-order valence-electron chi connectivity index (χ4n) is 9.17. The van der Waals surface area contributed by atoms with Crippen LogP contribution in [0.4, 0.5) is 0 Å². The van der Waals surface area contributed by atoms with Crippen LogP contribution in [0.2, 0.25) is 13.1 Å². The van der Waals surface area contributed by atoms with Crippen LogP contribution in [0.5, 0.6) is 0 Å². The van der Waals surface area contributed by atoms with E-state index in [1.165, 1.54) is 26.9 Å². The maximum Gasteiger partial charge on any atom is 0.164 e. The van der Waals surface area contributed by atoms with E-state index in [9.17, 15) is 0 Å². The van der Waals surface area contributed by atoms with Gasteiger partial charge in [0.15, 0.2) is 17.5 Å². The lowest BCUT2D eigenvalue weighted by molar-refractivity contribution is 0.669. The summed E-state index contributed by atoms with van der Waals surface area (Å²) in [6.45, 7) is 4.87. The quantitative estimate of drug-likeness (QED) is 0.134. The number of furan rings is 2. The minimum Gasteiger partial charge on any atom is -0.456 e. The lowest BCUT2D eigenvalue weighted by Crippen LogP contribution is -2.49. The lowest BCUT2D eigenvalue weighted by atomic mass is 9.96. The largest absolute Gasteiger partial charge is 0.456 e. The van der Waals surface area contributed by atoms with Crippen molar-refractivity contribution < 1.29 is 8.83 Å². The van der Waals surface area contributed by atoms with Gasteiger partial charge in [-0.2, -0.15) is 0 Å². The van der Waals surface area contributed by atoms with E-state index in [0.717, 1.165) is 76.7 Å². The molecular weight excluding hydrogens is 691 g/mol. The number of hydrogen-bond acceptors (Lipinski definition) is 5. The van der Waals surface area contributed by atoms with Crippen molar-refractivity contribution in [1.29, 1.82) is 0 Å². The topological polar surface area (TPSA) is 65.0 Å². The maximum absolute atomic E-state index is 6.88. The Bertz CT molecular complexity index is 3430. The molecule has 0 saturated heterocycles. The molecule has 12 rings (SSSR count). The van der Waals surface area contributed by atoms with Gasteiger partial charge >= 0.3 is 0 Å². The third-order valence-electron chi connectivity index (χ3n) is 11.7. The molecule has 0 atom stereocenters. The Kier molecular flexibility index (Phi) is 6.15. The molecule has 0 unspecified atom stereocenters. The van der Waals surface area contributed by atoms with Gasteiger partial charge in [-0.15, -0.1) is 0 Å². The van der Waals surface area contributed by atoms with Crippen molar-refractivity contribution in [1.82, 2.24) is 15.0 Å². The Morgan fingerprint density at radius 1 is 0.400 bits per heavy atom. The Morgan fingerprint density at radius 2 is 0.964 bits per heavy atom. The molecule has 8 aromatic carbocycles. The highest BCUT2D eigenvalue weighted by molar-refractivity contribution is 7.04. The molecule has 1 aliphatic rings. The van der Waals surface area contributed by atoms with E-state index in [2.05, 4.69) is 134 Å². The second kappa shape index (κ2) is 11.1. The van der Waals surface area contributed by atoms with Crippen LogP contribution in [-0.2, 0) is 0 Å². The molecule has 0 N–H and O–H groups in total. The van der Waals surface area contributed by atoms with Crippen LogP contribution in [0, 0.1) is 0 Å². The fraction of sp³-hybridized carbons (Fsp3) is 0.0408. The van der Waals surface area contributed by atoms with Crippen molar-refractivity contribution in [2.75, 3.05) is 0 Å². The molecule has 0 radical (unpaired) electrons. The molecule has 1 aliphatic heterocycles. The summed E-state index contributed by atoms with van der Waals surface area (Å²) >= 11 is 0. The van der Waals surface area contributed by atoms with E-state index < -0.39 is 8.07 Å². The van der Waals surface area contributed by atoms with Gasteiger partial charge in [-0.25, -0.2) is 15.0 Å². The third-order valence-corrected chi connectivity index (χ3v) is 15.2. The SMILES string of the molecule is C[Si]1(C)c2ccccc2-c2c1cc(-c1nc(-c3cc4ccccc4c4ccccc34)nc(-c3cccc4oc5ccccc5c34)n1)c1c2oc2ccccc21. The highest BCUT2D eigenvalue weighted by Gasteiger charge is 2.40. The summed E-state index contributed by atoms with van der Waals surface area (Å²) in [7, 11) is -2.14. The number of nitrogens with zero attached hydrogens (tertiary/aromatic N) is 3. The predicted molar refractivity (Wildman–Crippen MR) is 228 cm³/mol. The monoisotopic (exact) mass is 721 g/mol. The summed E-state index contributed by atoms with van der Waals surface area (Å²) in [6, 6.07) is 53.2. The number of rotatable bonds is 3. The van der Waals surface area contributed by atoms with Crippen LogP contribution in [0.1, 0.15) is 0 Å². The number of benzene rings is 8. The summed E-state index contributed by atoms with van der Waals surface area (Å²) in [5, 5.41) is 11.4. The average molecular weight is 722 g/mol. The van der Waals surface area contributed by atoms with E-state index in [1.807, 2.05) is 30.3 Å². The van der Waals surface area contributed by atoms with E-state index in [4.69, 9.17) is 23.8 Å². The number of para-hydroxylation sites is 2. The molecule has 11 aromatic rings. The summed E-state index contributed by atoms with van der Waals surface area (Å²) in [4.78, 5) is 16.3. The summed E-state index contributed by atoms with van der Waals surface area (Å²) in [5.41, 5.74) is 8.64. The minimum absolute atomic E-state index is 0.593. The Hall–Kier alpha value is -6.89. The van der Waals surface area contributed by atoms with Crippen LogP contribution >= 0.6 is 0 Å². The molecule has 6 heteroatoms. The van der Waals surface area contributed by atoms with E-state index in [0.29, 0.717) is 17.5 Å². The molecular formula is C49H31N3O2Si. The van der Waals surface area contributed by atoms with Crippen LogP contribution < -0.4 is 10.4 Å². The first kappa shape index (κ1) is 30.6. The van der Waals surface area contributed by atoms with E-state index in [1.54, 1.807) is 0 Å². The second-order valence-electron chi connectivity index (χ2n) is 15.1. The molecule has 0 fully saturated rings. The molecule has 55 heavy (non-hydrogen) atoms. The van der Waals surface area contributed by atoms with Gasteiger partial charge < -0.3 is 8.83 Å². The molecule has 0 amide bonds. The second-order valence-corrected chi connectivity index (χ2v) is 19.4. The van der Waals surface area contributed by atoms with Crippen LogP contribution in [-0.4, -0.2) is 23.0 Å². The van der Waals surface area contributed by atoms with Crippen molar-refractivity contribution >= 4 is 83.9 Å².